The topological polar surface area (TPSA) is 166 Å². The number of nitrogens with two attached hydrogens (primary N) is 2. The van der Waals surface area contributed by atoms with E-state index in [2.05, 4.69) is 17.0 Å². The second-order valence-corrected chi connectivity index (χ2v) is 16.7. The van der Waals surface area contributed by atoms with Gasteiger partial charge in [-0.3, -0.25) is 9.05 Å². The van der Waals surface area contributed by atoms with Gasteiger partial charge in [0, 0.05) is 13.2 Å². The van der Waals surface area contributed by atoms with Crippen LogP contribution in [0.15, 0.2) is 18.5 Å². The zero-order valence-corrected chi connectivity index (χ0v) is 33.0. The molecule has 5 N–H and O–H groups in total. The lowest BCUT2D eigenvalue weighted by atomic mass is 9.90. The Hall–Kier alpha value is -1.63. The van der Waals surface area contributed by atoms with Gasteiger partial charge in [0.05, 0.1) is 18.9 Å². The Kier molecular flexibility index (Phi) is 19.9. The summed E-state index contributed by atoms with van der Waals surface area (Å²) in [5, 5.41) is 4.28. The molecule has 1 aliphatic carbocycles. The Morgan fingerprint density at radius 1 is 0.904 bits per heavy atom. The molecule has 13 heteroatoms. The summed E-state index contributed by atoms with van der Waals surface area (Å²) >= 11 is 0. The first-order valence-corrected chi connectivity index (χ1v) is 22.1. The lowest BCUT2D eigenvalue weighted by Gasteiger charge is -2.27. The van der Waals surface area contributed by atoms with Crippen LogP contribution in [0, 0.1) is 5.92 Å². The average Bonchev–Trinajstić information content (AvgIpc) is 3.76. The molecule has 3 heterocycles. The molecule has 2 aromatic rings. The highest BCUT2D eigenvalue weighted by Gasteiger charge is 2.41. The van der Waals surface area contributed by atoms with Crippen molar-refractivity contribution >= 4 is 19.2 Å². The molecule has 1 aliphatic heterocycles. The summed E-state index contributed by atoms with van der Waals surface area (Å²) in [7, 11) is -4.44. The highest BCUT2D eigenvalue weighted by molar-refractivity contribution is 7.47. The SMILES string of the molecule is CCCCCCCCCCCCCCCCCCOC[C@H](COP(=O)(O)OC[C@]1(N)CC[C@H](c2ccc3c(N)ncnn23)O1)OCC1CCCCC1. The van der Waals surface area contributed by atoms with Crippen molar-refractivity contribution in [1.29, 1.82) is 0 Å². The maximum Gasteiger partial charge on any atom is 0.472 e. The fourth-order valence-electron chi connectivity index (χ4n) is 7.45. The summed E-state index contributed by atoms with van der Waals surface area (Å²) in [5.74, 6) is 0.866. The number of ether oxygens (including phenoxy) is 3. The quantitative estimate of drug-likeness (QED) is 0.0536. The van der Waals surface area contributed by atoms with Gasteiger partial charge in [-0.05, 0) is 50.2 Å². The molecule has 12 nitrogen and oxygen atoms in total. The van der Waals surface area contributed by atoms with Gasteiger partial charge in [-0.2, -0.15) is 5.10 Å². The van der Waals surface area contributed by atoms with E-state index in [1.54, 1.807) is 4.52 Å². The third kappa shape index (κ3) is 16.0. The molecule has 0 aromatic carbocycles. The van der Waals surface area contributed by atoms with Crippen molar-refractivity contribution in [3.05, 3.63) is 24.2 Å². The van der Waals surface area contributed by atoms with Gasteiger partial charge in [0.1, 0.15) is 36.4 Å². The monoisotopic (exact) mass is 752 g/mol. The molecular weight excluding hydrogens is 681 g/mol. The van der Waals surface area contributed by atoms with Gasteiger partial charge >= 0.3 is 7.82 Å². The van der Waals surface area contributed by atoms with Gasteiger partial charge < -0.3 is 30.6 Å². The Morgan fingerprint density at radius 3 is 2.19 bits per heavy atom. The van der Waals surface area contributed by atoms with E-state index in [1.807, 2.05) is 12.1 Å². The largest absolute Gasteiger partial charge is 0.472 e. The third-order valence-electron chi connectivity index (χ3n) is 10.7. The van der Waals surface area contributed by atoms with Crippen LogP contribution in [0.3, 0.4) is 0 Å². The lowest BCUT2D eigenvalue weighted by molar-refractivity contribution is -0.0780. The molecular formula is C39H70N5O7P. The first-order valence-electron chi connectivity index (χ1n) is 20.6. The Labute approximate surface area is 313 Å². The van der Waals surface area contributed by atoms with Gasteiger partial charge in [0.15, 0.2) is 5.82 Å². The summed E-state index contributed by atoms with van der Waals surface area (Å²) in [6.07, 6.45) is 28.8. The van der Waals surface area contributed by atoms with Crippen molar-refractivity contribution in [1.82, 2.24) is 14.6 Å². The molecule has 0 radical (unpaired) electrons. The van der Waals surface area contributed by atoms with Crippen molar-refractivity contribution in [2.75, 3.05) is 38.8 Å². The molecule has 2 aliphatic rings. The second-order valence-electron chi connectivity index (χ2n) is 15.3. The minimum atomic E-state index is -4.44. The van der Waals surface area contributed by atoms with E-state index in [0.29, 0.717) is 49.9 Å². The minimum Gasteiger partial charge on any atom is -0.382 e. The molecule has 298 valence electrons. The highest BCUT2D eigenvalue weighted by Crippen LogP contribution is 2.46. The van der Waals surface area contributed by atoms with Crippen molar-refractivity contribution in [3.8, 4) is 0 Å². The van der Waals surface area contributed by atoms with E-state index in [4.69, 9.17) is 34.7 Å². The van der Waals surface area contributed by atoms with Crippen LogP contribution in [0.25, 0.3) is 5.52 Å². The number of nitrogen functional groups attached to an aromatic ring is 1. The zero-order chi connectivity index (χ0) is 36.9. The number of hydrogen-bond acceptors (Lipinski definition) is 10. The molecule has 2 fully saturated rings. The number of phosphoric acid groups is 1. The molecule has 0 amide bonds. The van der Waals surface area contributed by atoms with Gasteiger partial charge in [-0.25, -0.2) is 14.1 Å². The number of hydrogen-bond donors (Lipinski definition) is 3. The molecule has 0 spiro atoms. The van der Waals surface area contributed by atoms with Crippen molar-refractivity contribution in [2.45, 2.75) is 173 Å². The van der Waals surface area contributed by atoms with Gasteiger partial charge in [0.25, 0.3) is 0 Å². The molecule has 1 saturated carbocycles. The van der Waals surface area contributed by atoms with E-state index >= 15 is 0 Å². The smallest absolute Gasteiger partial charge is 0.382 e. The van der Waals surface area contributed by atoms with Crippen LogP contribution in [0.2, 0.25) is 0 Å². The van der Waals surface area contributed by atoms with Crippen LogP contribution >= 0.6 is 7.82 Å². The first-order chi connectivity index (χ1) is 25.3. The molecule has 4 rings (SSSR count). The number of rotatable bonds is 29. The lowest BCUT2D eigenvalue weighted by Crippen LogP contribution is -2.43. The van der Waals surface area contributed by atoms with E-state index in [1.165, 1.54) is 115 Å². The molecule has 52 heavy (non-hydrogen) atoms. The zero-order valence-electron chi connectivity index (χ0n) is 32.1. The summed E-state index contributed by atoms with van der Waals surface area (Å²) in [5.41, 5.74) is 12.6. The third-order valence-corrected chi connectivity index (χ3v) is 11.6. The van der Waals surface area contributed by atoms with Crippen molar-refractivity contribution in [3.63, 3.8) is 0 Å². The molecule has 4 atom stereocenters. The highest BCUT2D eigenvalue weighted by atomic mass is 31.2. The van der Waals surface area contributed by atoms with Crippen LogP contribution in [0.1, 0.15) is 166 Å². The number of fused-ring (bicyclic) bond motifs is 1. The van der Waals surface area contributed by atoms with Crippen LogP contribution in [-0.4, -0.2) is 64.4 Å². The van der Waals surface area contributed by atoms with E-state index < -0.39 is 19.7 Å². The molecule has 1 saturated heterocycles. The second kappa shape index (κ2) is 24.0. The Bertz CT molecular complexity index is 1290. The summed E-state index contributed by atoms with van der Waals surface area (Å²) in [6, 6.07) is 3.70. The summed E-state index contributed by atoms with van der Waals surface area (Å²) < 4.78 is 43.7. The Balaban J connectivity index is 1.08. The predicted octanol–water partition coefficient (Wildman–Crippen LogP) is 9.20. The van der Waals surface area contributed by atoms with E-state index in [9.17, 15) is 9.46 Å². The fraction of sp³-hybridized carbons (Fsp3) is 0.846. The van der Waals surface area contributed by atoms with Crippen LogP contribution in [0.4, 0.5) is 5.82 Å². The first kappa shape index (κ1) is 43.1. The van der Waals surface area contributed by atoms with Crippen LogP contribution < -0.4 is 11.5 Å². The number of unbranched alkanes of at least 4 members (excludes halogenated alkanes) is 15. The van der Waals surface area contributed by atoms with Gasteiger partial charge in [-0.1, -0.05) is 122 Å². The number of phosphoric ester groups is 1. The van der Waals surface area contributed by atoms with Crippen molar-refractivity contribution < 1.29 is 32.7 Å². The number of nitrogens with zero attached hydrogens (tertiary/aromatic N) is 3. The predicted molar refractivity (Wildman–Crippen MR) is 206 cm³/mol. The minimum absolute atomic E-state index is 0.113. The molecule has 0 bridgehead atoms. The molecule has 1 unspecified atom stereocenters. The van der Waals surface area contributed by atoms with E-state index in [0.717, 1.165) is 31.4 Å². The van der Waals surface area contributed by atoms with Crippen LogP contribution in [-0.2, 0) is 27.8 Å². The fourth-order valence-corrected chi connectivity index (χ4v) is 8.26. The molecule has 2 aromatic heterocycles. The summed E-state index contributed by atoms with van der Waals surface area (Å²) in [6.45, 7) is 3.40. The van der Waals surface area contributed by atoms with Gasteiger partial charge in [0.2, 0.25) is 0 Å². The summed E-state index contributed by atoms with van der Waals surface area (Å²) in [4.78, 5) is 14.6. The van der Waals surface area contributed by atoms with Gasteiger partial charge in [-0.15, -0.1) is 0 Å². The maximum atomic E-state index is 13.0. The maximum absolute atomic E-state index is 13.0. The normalized spacial score (nSPS) is 21.6. The average molecular weight is 752 g/mol. The number of anilines is 1. The van der Waals surface area contributed by atoms with E-state index in [-0.39, 0.29) is 19.3 Å². The van der Waals surface area contributed by atoms with Crippen molar-refractivity contribution in [2.24, 2.45) is 11.7 Å². The standard InChI is InChI=1S/C39H70N5O7P/c1-2-3-4-5-6-7-8-9-10-11-12-13-14-15-16-20-27-47-29-34(48-28-33-21-18-17-19-22-33)30-49-52(45,46)50-31-39(41)26-25-37(51-39)35-23-24-36-38(40)42-32-43-44(35)36/h23-24,32-34,37H,2-22,25-31,41H2,1H3,(H,45,46)(H2,40,42,43)/t34-,37-,39+/m1/s1. The Morgan fingerprint density at radius 2 is 1.54 bits per heavy atom. The van der Waals surface area contributed by atoms with Crippen LogP contribution in [0.5, 0.6) is 0 Å². The number of aromatic nitrogens is 3.